The highest BCUT2D eigenvalue weighted by molar-refractivity contribution is 7.98. The Labute approximate surface area is 127 Å². The monoisotopic (exact) mass is 303 g/mol. The number of pyridine rings is 1. The second-order valence-corrected chi connectivity index (χ2v) is 5.07. The summed E-state index contributed by atoms with van der Waals surface area (Å²) in [6.45, 7) is 2.06. The Morgan fingerprint density at radius 3 is 2.67 bits per heavy atom. The molecule has 0 aliphatic rings. The molecule has 3 N–H and O–H groups in total. The standard InChI is InChI=1S/C15H17N3O2S/c1-3-20-15(19)12-8-9-17-14(13(12)16)18-10-4-6-11(21-2)7-5-10/h4-9H,3,16H2,1-2H3,(H,17,18). The smallest absolute Gasteiger partial charge is 0.340 e. The second-order valence-electron chi connectivity index (χ2n) is 4.19. The number of carbonyl (C=O) groups excluding carboxylic acids is 1. The molecule has 6 heteroatoms. The molecule has 1 heterocycles. The van der Waals surface area contributed by atoms with Crippen molar-refractivity contribution in [3.8, 4) is 0 Å². The lowest BCUT2D eigenvalue weighted by Crippen LogP contribution is -2.10. The van der Waals surface area contributed by atoms with E-state index in [4.69, 9.17) is 10.5 Å². The number of rotatable bonds is 5. The third-order valence-corrected chi connectivity index (χ3v) is 3.58. The highest BCUT2D eigenvalue weighted by Gasteiger charge is 2.14. The lowest BCUT2D eigenvalue weighted by Gasteiger charge is -2.11. The van der Waals surface area contributed by atoms with Gasteiger partial charge in [-0.3, -0.25) is 0 Å². The molecule has 2 rings (SSSR count). The predicted molar refractivity (Wildman–Crippen MR) is 86.1 cm³/mol. The number of esters is 1. The van der Waals surface area contributed by atoms with Crippen molar-refractivity contribution in [2.45, 2.75) is 11.8 Å². The van der Waals surface area contributed by atoms with Crippen molar-refractivity contribution >= 4 is 34.9 Å². The molecule has 0 aliphatic carbocycles. The van der Waals surface area contributed by atoms with Crippen LogP contribution in [0, 0.1) is 0 Å². The maximum absolute atomic E-state index is 11.8. The van der Waals surface area contributed by atoms with Crippen molar-refractivity contribution < 1.29 is 9.53 Å². The number of hydrogen-bond acceptors (Lipinski definition) is 6. The number of anilines is 3. The molecule has 1 aromatic carbocycles. The van der Waals surface area contributed by atoms with Gasteiger partial charge in [0, 0.05) is 16.8 Å². The average Bonchev–Trinajstić information content (AvgIpc) is 2.50. The number of benzene rings is 1. The van der Waals surface area contributed by atoms with Crippen LogP contribution in [0.1, 0.15) is 17.3 Å². The topological polar surface area (TPSA) is 77.2 Å². The highest BCUT2D eigenvalue weighted by atomic mass is 32.2. The fraction of sp³-hybridized carbons (Fsp3) is 0.200. The van der Waals surface area contributed by atoms with Crippen LogP contribution in [-0.2, 0) is 4.74 Å². The van der Waals surface area contributed by atoms with Crippen molar-refractivity contribution in [2.75, 3.05) is 23.9 Å². The van der Waals surface area contributed by atoms with Crippen LogP contribution in [0.15, 0.2) is 41.4 Å². The van der Waals surface area contributed by atoms with Gasteiger partial charge in [-0.15, -0.1) is 11.8 Å². The quantitative estimate of drug-likeness (QED) is 0.652. The number of aromatic nitrogens is 1. The van der Waals surface area contributed by atoms with E-state index < -0.39 is 5.97 Å². The van der Waals surface area contributed by atoms with E-state index in [-0.39, 0.29) is 5.69 Å². The van der Waals surface area contributed by atoms with Gasteiger partial charge in [0.05, 0.1) is 17.9 Å². The molecule has 0 bridgehead atoms. The van der Waals surface area contributed by atoms with Crippen LogP contribution in [0.3, 0.4) is 0 Å². The van der Waals surface area contributed by atoms with Crippen molar-refractivity contribution in [3.63, 3.8) is 0 Å². The van der Waals surface area contributed by atoms with Gasteiger partial charge >= 0.3 is 5.97 Å². The Bertz CT molecular complexity index is 629. The Kier molecular flexibility index (Phi) is 5.05. The Hall–Kier alpha value is -2.21. The molecular formula is C15H17N3O2S. The maximum atomic E-state index is 11.8. The van der Waals surface area contributed by atoms with E-state index in [0.717, 1.165) is 5.69 Å². The molecular weight excluding hydrogens is 286 g/mol. The molecule has 2 aromatic rings. The summed E-state index contributed by atoms with van der Waals surface area (Å²) in [6, 6.07) is 9.42. The van der Waals surface area contributed by atoms with Crippen LogP contribution in [0.2, 0.25) is 0 Å². The molecule has 0 radical (unpaired) electrons. The largest absolute Gasteiger partial charge is 0.462 e. The van der Waals surface area contributed by atoms with E-state index in [1.807, 2.05) is 30.5 Å². The van der Waals surface area contributed by atoms with Crippen LogP contribution in [-0.4, -0.2) is 23.8 Å². The van der Waals surface area contributed by atoms with E-state index in [1.165, 1.54) is 11.1 Å². The minimum atomic E-state index is -0.446. The zero-order chi connectivity index (χ0) is 15.2. The number of nitrogen functional groups attached to an aromatic ring is 1. The third-order valence-electron chi connectivity index (χ3n) is 2.84. The van der Waals surface area contributed by atoms with Gasteiger partial charge in [-0.05, 0) is 43.5 Å². The van der Waals surface area contributed by atoms with Crippen LogP contribution in [0.5, 0.6) is 0 Å². The van der Waals surface area contributed by atoms with Gasteiger partial charge < -0.3 is 15.8 Å². The zero-order valence-electron chi connectivity index (χ0n) is 11.9. The van der Waals surface area contributed by atoms with Crippen LogP contribution in [0.4, 0.5) is 17.2 Å². The van der Waals surface area contributed by atoms with E-state index in [1.54, 1.807) is 24.8 Å². The van der Waals surface area contributed by atoms with Gasteiger partial charge in [0.1, 0.15) is 0 Å². The van der Waals surface area contributed by atoms with Gasteiger partial charge in [0.15, 0.2) is 5.82 Å². The van der Waals surface area contributed by atoms with Gasteiger partial charge in [0.25, 0.3) is 0 Å². The van der Waals surface area contributed by atoms with E-state index >= 15 is 0 Å². The van der Waals surface area contributed by atoms with Gasteiger partial charge in [0.2, 0.25) is 0 Å². The fourth-order valence-corrected chi connectivity index (χ4v) is 2.18. The van der Waals surface area contributed by atoms with Gasteiger partial charge in [-0.1, -0.05) is 0 Å². The normalized spacial score (nSPS) is 10.2. The number of hydrogen-bond donors (Lipinski definition) is 2. The number of carbonyl (C=O) groups is 1. The summed E-state index contributed by atoms with van der Waals surface area (Å²) in [4.78, 5) is 17.1. The molecule has 21 heavy (non-hydrogen) atoms. The molecule has 0 amide bonds. The average molecular weight is 303 g/mol. The van der Waals surface area contributed by atoms with Crippen molar-refractivity contribution in [2.24, 2.45) is 0 Å². The van der Waals surface area contributed by atoms with E-state index in [9.17, 15) is 4.79 Å². The summed E-state index contributed by atoms with van der Waals surface area (Å²) < 4.78 is 4.97. The minimum Gasteiger partial charge on any atom is -0.462 e. The molecule has 0 spiro atoms. The van der Waals surface area contributed by atoms with Crippen molar-refractivity contribution in [1.82, 2.24) is 4.98 Å². The van der Waals surface area contributed by atoms with Crippen LogP contribution >= 0.6 is 11.8 Å². The summed E-state index contributed by atoms with van der Waals surface area (Å²) in [5.74, 6) is -0.00404. The first-order valence-corrected chi connectivity index (χ1v) is 7.71. The lowest BCUT2D eigenvalue weighted by atomic mass is 10.2. The molecule has 0 atom stereocenters. The lowest BCUT2D eigenvalue weighted by molar-refractivity contribution is 0.0527. The Balaban J connectivity index is 2.23. The fourth-order valence-electron chi connectivity index (χ4n) is 1.77. The summed E-state index contributed by atoms with van der Waals surface area (Å²) in [5, 5.41) is 3.11. The molecule has 0 fully saturated rings. The number of nitrogens with zero attached hydrogens (tertiary/aromatic N) is 1. The van der Waals surface area contributed by atoms with E-state index in [0.29, 0.717) is 18.0 Å². The van der Waals surface area contributed by atoms with Gasteiger partial charge in [-0.25, -0.2) is 9.78 Å². The number of nitrogens with two attached hydrogens (primary N) is 1. The molecule has 0 unspecified atom stereocenters. The molecule has 1 aromatic heterocycles. The first kappa shape index (κ1) is 15.2. The maximum Gasteiger partial charge on any atom is 0.340 e. The first-order valence-electron chi connectivity index (χ1n) is 6.48. The SMILES string of the molecule is CCOC(=O)c1ccnc(Nc2ccc(SC)cc2)c1N. The van der Waals surface area contributed by atoms with Crippen LogP contribution < -0.4 is 11.1 Å². The number of thioether (sulfide) groups is 1. The highest BCUT2D eigenvalue weighted by Crippen LogP contribution is 2.25. The third kappa shape index (κ3) is 3.66. The molecule has 0 aliphatic heterocycles. The summed E-state index contributed by atoms with van der Waals surface area (Å²) in [5.41, 5.74) is 7.44. The van der Waals surface area contributed by atoms with E-state index in [2.05, 4.69) is 10.3 Å². The second kappa shape index (κ2) is 6.99. The summed E-state index contributed by atoms with van der Waals surface area (Å²) in [6.07, 6.45) is 3.55. The molecule has 5 nitrogen and oxygen atoms in total. The van der Waals surface area contributed by atoms with Gasteiger partial charge in [-0.2, -0.15) is 0 Å². The molecule has 110 valence electrons. The minimum absolute atomic E-state index is 0.282. The number of ether oxygens (including phenoxy) is 1. The zero-order valence-corrected chi connectivity index (χ0v) is 12.7. The first-order chi connectivity index (χ1) is 10.2. The summed E-state index contributed by atoms with van der Waals surface area (Å²) >= 11 is 1.67. The van der Waals surface area contributed by atoms with Crippen molar-refractivity contribution in [3.05, 3.63) is 42.1 Å². The Morgan fingerprint density at radius 1 is 1.33 bits per heavy atom. The van der Waals surface area contributed by atoms with Crippen LogP contribution in [0.25, 0.3) is 0 Å². The molecule has 0 saturated carbocycles. The van der Waals surface area contributed by atoms with Crippen molar-refractivity contribution in [1.29, 1.82) is 0 Å². The summed E-state index contributed by atoms with van der Waals surface area (Å²) in [7, 11) is 0. The predicted octanol–water partition coefficient (Wildman–Crippen LogP) is 3.31. The number of nitrogens with one attached hydrogen (secondary N) is 1. The molecule has 0 saturated heterocycles. The Morgan fingerprint density at radius 2 is 2.05 bits per heavy atom.